The van der Waals surface area contributed by atoms with Gasteiger partial charge in [-0.1, -0.05) is 12.1 Å². The summed E-state index contributed by atoms with van der Waals surface area (Å²) in [7, 11) is 0. The van der Waals surface area contributed by atoms with Crippen LogP contribution >= 0.6 is 11.8 Å². The number of thioether (sulfide) groups is 1. The van der Waals surface area contributed by atoms with Crippen molar-refractivity contribution < 1.29 is 23.9 Å². The van der Waals surface area contributed by atoms with Crippen molar-refractivity contribution in [1.29, 1.82) is 0 Å². The topological polar surface area (TPSA) is 167 Å². The van der Waals surface area contributed by atoms with Gasteiger partial charge in [-0.25, -0.2) is 14.8 Å². The number of aromatic nitrogens is 4. The van der Waals surface area contributed by atoms with Gasteiger partial charge in [0.1, 0.15) is 29.1 Å². The Hall–Kier alpha value is -4.73. The van der Waals surface area contributed by atoms with E-state index in [-0.39, 0.29) is 17.9 Å². The molecule has 0 spiro atoms. The van der Waals surface area contributed by atoms with Crippen LogP contribution in [0.2, 0.25) is 0 Å². The van der Waals surface area contributed by atoms with Crippen molar-refractivity contribution >= 4 is 52.2 Å². The molecule has 54 heavy (non-hydrogen) atoms. The SMILES string of the molecule is CSCC(C(=O)NC1CCCN(Cc2ccnc(C(=O)Nc3ccc(-c4cc5c(N6CCOCC6)ncnc5[nH]4)cc3)c2)C1)[C@@H](C)NC(=O)OC(C)(C)C. The minimum Gasteiger partial charge on any atom is -0.444 e. The van der Waals surface area contributed by atoms with E-state index >= 15 is 0 Å². The number of H-pyrrole nitrogens is 1. The lowest BCUT2D eigenvalue weighted by Crippen LogP contribution is -2.53. The van der Waals surface area contributed by atoms with Crippen molar-refractivity contribution in [3.63, 3.8) is 0 Å². The van der Waals surface area contributed by atoms with Gasteiger partial charge in [0.2, 0.25) is 5.91 Å². The van der Waals surface area contributed by atoms with Crippen LogP contribution in [0.15, 0.2) is 55.0 Å². The van der Waals surface area contributed by atoms with Crippen LogP contribution in [0, 0.1) is 5.92 Å². The number of ether oxygens (including phenoxy) is 2. The number of fused-ring (bicyclic) bond motifs is 1. The maximum atomic E-state index is 13.4. The first-order valence-corrected chi connectivity index (χ1v) is 19.9. The molecule has 3 amide bonds. The largest absolute Gasteiger partial charge is 0.444 e. The smallest absolute Gasteiger partial charge is 0.407 e. The highest BCUT2D eigenvalue weighted by atomic mass is 32.2. The molecule has 1 aromatic carbocycles. The van der Waals surface area contributed by atoms with Crippen LogP contribution in [-0.4, -0.2) is 112 Å². The number of piperidine rings is 1. The van der Waals surface area contributed by atoms with E-state index < -0.39 is 23.7 Å². The van der Waals surface area contributed by atoms with Gasteiger partial charge in [-0.3, -0.25) is 19.5 Å². The van der Waals surface area contributed by atoms with Gasteiger partial charge in [0.25, 0.3) is 5.91 Å². The van der Waals surface area contributed by atoms with Gasteiger partial charge in [0, 0.05) is 61.6 Å². The standard InChI is InChI=1S/C39H51N9O5S/c1-25(43-38(51)53-39(2,3)4)31(23-54-5)36(49)45-29-7-6-14-47(22-29)21-26-12-13-40-33(19-26)37(50)44-28-10-8-27(9-11-28)32-20-30-34(46-32)41-24-42-35(30)48-15-17-52-18-16-48/h8-13,19-20,24-25,29,31H,6-7,14-18,21-23H2,1-5H3,(H,43,51)(H,44,50)(H,45,49)(H,41,42,46)/t25-,29?,31?/m1/s1. The molecule has 0 aliphatic carbocycles. The van der Waals surface area contributed by atoms with E-state index in [0.717, 1.165) is 66.1 Å². The molecule has 3 atom stereocenters. The summed E-state index contributed by atoms with van der Waals surface area (Å²) in [5.74, 6) is 0.689. The molecule has 3 aromatic heterocycles. The number of morpholine rings is 1. The van der Waals surface area contributed by atoms with Crippen molar-refractivity contribution in [3.8, 4) is 11.3 Å². The van der Waals surface area contributed by atoms with Crippen molar-refractivity contribution in [2.24, 2.45) is 5.92 Å². The van der Waals surface area contributed by atoms with E-state index in [1.807, 2.05) is 70.3 Å². The predicted molar refractivity (Wildman–Crippen MR) is 212 cm³/mol. The monoisotopic (exact) mass is 757 g/mol. The molecule has 2 aliphatic heterocycles. The fourth-order valence-electron chi connectivity index (χ4n) is 6.84. The van der Waals surface area contributed by atoms with Gasteiger partial charge in [-0.05, 0) is 94.8 Å². The molecule has 2 unspecified atom stereocenters. The number of aromatic amines is 1. The molecule has 15 heteroatoms. The summed E-state index contributed by atoms with van der Waals surface area (Å²) in [6, 6.07) is 13.0. The van der Waals surface area contributed by atoms with E-state index in [9.17, 15) is 14.4 Å². The zero-order valence-corrected chi connectivity index (χ0v) is 32.5. The summed E-state index contributed by atoms with van der Waals surface area (Å²) in [5.41, 5.74) is 3.98. The van der Waals surface area contributed by atoms with Gasteiger partial charge in [-0.15, -0.1) is 0 Å². The normalized spacial score (nSPS) is 17.8. The highest BCUT2D eigenvalue weighted by molar-refractivity contribution is 7.98. The first-order chi connectivity index (χ1) is 26.0. The number of nitrogens with zero attached hydrogens (tertiary/aromatic N) is 5. The quantitative estimate of drug-likeness (QED) is 0.152. The zero-order valence-electron chi connectivity index (χ0n) is 31.7. The number of carbonyl (C=O) groups is 3. The second kappa shape index (κ2) is 17.6. The van der Waals surface area contributed by atoms with Crippen molar-refractivity contribution in [3.05, 3.63) is 66.2 Å². The highest BCUT2D eigenvalue weighted by Crippen LogP contribution is 2.30. The fourth-order valence-corrected chi connectivity index (χ4v) is 7.64. The lowest BCUT2D eigenvalue weighted by molar-refractivity contribution is -0.126. The van der Waals surface area contributed by atoms with E-state index in [0.29, 0.717) is 43.4 Å². The molecule has 4 aromatic rings. The molecule has 0 bridgehead atoms. The molecule has 0 saturated carbocycles. The third-order valence-electron chi connectivity index (χ3n) is 9.52. The van der Waals surface area contributed by atoms with Crippen LogP contribution in [0.4, 0.5) is 16.3 Å². The van der Waals surface area contributed by atoms with E-state index in [1.54, 1.807) is 24.3 Å². The molecular formula is C39H51N9O5S. The van der Waals surface area contributed by atoms with Gasteiger partial charge < -0.3 is 35.3 Å². The Morgan fingerprint density at radius 2 is 1.83 bits per heavy atom. The van der Waals surface area contributed by atoms with E-state index in [1.165, 1.54) is 0 Å². The molecule has 288 valence electrons. The Morgan fingerprint density at radius 3 is 2.57 bits per heavy atom. The Morgan fingerprint density at radius 1 is 1.06 bits per heavy atom. The van der Waals surface area contributed by atoms with E-state index in [2.05, 4.69) is 51.8 Å². The first kappa shape index (κ1) is 39.0. The van der Waals surface area contributed by atoms with Crippen molar-refractivity contribution in [2.75, 3.05) is 61.6 Å². The number of anilines is 2. The Kier molecular flexibility index (Phi) is 12.7. The molecule has 2 saturated heterocycles. The van der Waals surface area contributed by atoms with Gasteiger partial charge in [0.15, 0.2) is 0 Å². The molecule has 5 heterocycles. The number of hydrogen-bond donors (Lipinski definition) is 4. The number of hydrogen-bond acceptors (Lipinski definition) is 11. The lowest BCUT2D eigenvalue weighted by atomic mass is 10.00. The van der Waals surface area contributed by atoms with Gasteiger partial charge in [-0.2, -0.15) is 11.8 Å². The maximum Gasteiger partial charge on any atom is 0.407 e. The molecule has 4 N–H and O–H groups in total. The molecule has 6 rings (SSSR count). The summed E-state index contributed by atoms with van der Waals surface area (Å²) in [6.07, 6.45) is 6.46. The molecule has 0 radical (unpaired) electrons. The third kappa shape index (κ3) is 10.3. The number of pyridine rings is 1. The van der Waals surface area contributed by atoms with Crippen LogP contribution in [0.1, 0.15) is 56.6 Å². The summed E-state index contributed by atoms with van der Waals surface area (Å²) in [6.45, 7) is 12.4. The number of benzene rings is 1. The molecule has 14 nitrogen and oxygen atoms in total. The van der Waals surface area contributed by atoms with Crippen LogP contribution in [-0.2, 0) is 20.8 Å². The second-order valence-electron chi connectivity index (χ2n) is 14.9. The maximum absolute atomic E-state index is 13.4. The number of alkyl carbamates (subject to hydrolysis) is 1. The van der Waals surface area contributed by atoms with Gasteiger partial charge >= 0.3 is 6.09 Å². The number of rotatable bonds is 12. The average Bonchev–Trinajstić information content (AvgIpc) is 3.59. The van der Waals surface area contributed by atoms with E-state index in [4.69, 9.17) is 9.47 Å². The number of nitrogens with one attached hydrogen (secondary N) is 4. The first-order valence-electron chi connectivity index (χ1n) is 18.5. The Labute approximate surface area is 320 Å². The summed E-state index contributed by atoms with van der Waals surface area (Å²) in [5, 5.41) is 10.0. The number of amides is 3. The number of likely N-dealkylation sites (tertiary alicyclic amines) is 1. The minimum atomic E-state index is -0.621. The highest BCUT2D eigenvalue weighted by Gasteiger charge is 2.31. The van der Waals surface area contributed by atoms with Crippen molar-refractivity contribution in [2.45, 2.75) is 64.8 Å². The summed E-state index contributed by atoms with van der Waals surface area (Å²) < 4.78 is 10.9. The fraction of sp³-hybridized carbons (Fsp3) is 0.487. The van der Waals surface area contributed by atoms with Gasteiger partial charge in [0.05, 0.1) is 24.5 Å². The van der Waals surface area contributed by atoms with Crippen LogP contribution < -0.4 is 20.9 Å². The average molecular weight is 758 g/mol. The molecule has 2 fully saturated rings. The van der Waals surface area contributed by atoms with Crippen LogP contribution in [0.25, 0.3) is 22.3 Å². The zero-order chi connectivity index (χ0) is 38.2. The molecular weight excluding hydrogens is 707 g/mol. The molecule has 2 aliphatic rings. The number of carbonyl (C=O) groups excluding carboxylic acids is 3. The van der Waals surface area contributed by atoms with Crippen LogP contribution in [0.3, 0.4) is 0 Å². The second-order valence-corrected chi connectivity index (χ2v) is 15.8. The van der Waals surface area contributed by atoms with Crippen LogP contribution in [0.5, 0.6) is 0 Å². The minimum absolute atomic E-state index is 0.0268. The Balaban J connectivity index is 1.03. The third-order valence-corrected chi connectivity index (χ3v) is 10.2. The summed E-state index contributed by atoms with van der Waals surface area (Å²) in [4.78, 5) is 60.4. The Bertz CT molecular complexity index is 1910. The summed E-state index contributed by atoms with van der Waals surface area (Å²) >= 11 is 1.57. The van der Waals surface area contributed by atoms with Crippen molar-refractivity contribution in [1.82, 2.24) is 35.5 Å². The predicted octanol–water partition coefficient (Wildman–Crippen LogP) is 5.08. The lowest BCUT2D eigenvalue weighted by Gasteiger charge is -2.34.